The van der Waals surface area contributed by atoms with E-state index in [2.05, 4.69) is 47.6 Å². The molecule has 5 nitrogen and oxygen atoms in total. The van der Waals surface area contributed by atoms with E-state index >= 15 is 0 Å². The molecular weight excluding hydrogens is 512 g/mol. The Morgan fingerprint density at radius 2 is 2.27 bits per heavy atom. The highest BCUT2D eigenvalue weighted by Crippen LogP contribution is 2.27. The van der Waals surface area contributed by atoms with Crippen molar-refractivity contribution >= 4 is 45.9 Å². The van der Waals surface area contributed by atoms with Crippen LogP contribution in [-0.4, -0.2) is 40.5 Å². The van der Waals surface area contributed by atoms with Gasteiger partial charge in [-0.05, 0) is 36.1 Å². The summed E-state index contributed by atoms with van der Waals surface area (Å²) in [5, 5.41) is 3.36. The van der Waals surface area contributed by atoms with Gasteiger partial charge in [0.15, 0.2) is 5.96 Å². The Kier molecular flexibility index (Phi) is 7.87. The lowest BCUT2D eigenvalue weighted by atomic mass is 9.93. The first kappa shape index (κ1) is 21.1. The van der Waals surface area contributed by atoms with E-state index in [1.807, 2.05) is 18.7 Å². The smallest absolute Gasteiger partial charge is 0.193 e. The van der Waals surface area contributed by atoms with Crippen LogP contribution >= 0.6 is 39.9 Å². The van der Waals surface area contributed by atoms with Crippen LogP contribution in [0.5, 0.6) is 0 Å². The van der Waals surface area contributed by atoms with Crippen molar-refractivity contribution in [3.63, 3.8) is 0 Å². The Balaban J connectivity index is 0.00000243. The van der Waals surface area contributed by atoms with Gasteiger partial charge < -0.3 is 14.8 Å². The first-order chi connectivity index (χ1) is 12.1. The lowest BCUT2D eigenvalue weighted by Crippen LogP contribution is -2.48. The maximum atomic E-state index is 13.5. The van der Waals surface area contributed by atoms with Crippen molar-refractivity contribution in [2.45, 2.75) is 25.9 Å². The van der Waals surface area contributed by atoms with E-state index in [1.165, 1.54) is 12.1 Å². The van der Waals surface area contributed by atoms with Gasteiger partial charge in [-0.25, -0.2) is 9.37 Å². The van der Waals surface area contributed by atoms with E-state index in [0.29, 0.717) is 18.5 Å². The second kappa shape index (κ2) is 9.68. The predicted molar refractivity (Wildman–Crippen MR) is 116 cm³/mol. The highest BCUT2D eigenvalue weighted by atomic mass is 127. The van der Waals surface area contributed by atoms with Crippen molar-refractivity contribution in [3.05, 3.63) is 52.8 Å². The molecule has 2 heterocycles. The van der Waals surface area contributed by atoms with Crippen molar-refractivity contribution in [3.8, 4) is 0 Å². The third kappa shape index (κ3) is 4.97. The molecule has 1 aromatic heterocycles. The molecule has 1 aliphatic heterocycles. The fourth-order valence-electron chi connectivity index (χ4n) is 3.28. The number of guanidine groups is 1. The lowest BCUT2D eigenvalue weighted by molar-refractivity contribution is 0.189. The van der Waals surface area contributed by atoms with Gasteiger partial charge in [-0.15, -0.1) is 24.0 Å². The van der Waals surface area contributed by atoms with Crippen LogP contribution in [-0.2, 0) is 6.54 Å². The number of rotatable bonds is 3. The number of aromatic nitrogens is 2. The van der Waals surface area contributed by atoms with Gasteiger partial charge in [-0.1, -0.05) is 22.9 Å². The molecule has 3 rings (SSSR count). The van der Waals surface area contributed by atoms with Crippen molar-refractivity contribution < 1.29 is 4.39 Å². The topological polar surface area (TPSA) is 45.5 Å². The molecule has 1 saturated heterocycles. The average Bonchev–Trinajstić information content (AvgIpc) is 3.14. The zero-order chi connectivity index (χ0) is 17.8. The van der Waals surface area contributed by atoms with Gasteiger partial charge in [0.1, 0.15) is 5.82 Å². The van der Waals surface area contributed by atoms with E-state index in [9.17, 15) is 4.39 Å². The molecule has 0 spiro atoms. The average molecular weight is 536 g/mol. The number of likely N-dealkylation sites (tertiary alicyclic amines) is 1. The molecule has 0 amide bonds. The second-order valence-corrected chi connectivity index (χ2v) is 7.28. The zero-order valence-corrected chi connectivity index (χ0v) is 18.8. The van der Waals surface area contributed by atoms with Gasteiger partial charge in [0.25, 0.3) is 0 Å². The largest absolute Gasteiger partial charge is 0.352 e. The number of piperidine rings is 1. The number of aliphatic imine (C=N–C) groups is 1. The molecular formula is C18H24BrFIN5. The number of imidazole rings is 1. The maximum Gasteiger partial charge on any atom is 0.193 e. The molecule has 0 bridgehead atoms. The second-order valence-electron chi connectivity index (χ2n) is 6.43. The fourth-order valence-corrected chi connectivity index (χ4v) is 3.67. The Morgan fingerprint density at radius 3 is 2.96 bits per heavy atom. The summed E-state index contributed by atoms with van der Waals surface area (Å²) in [4.78, 5) is 10.9. The number of halogens is 3. The molecule has 8 heteroatoms. The normalized spacial score (nSPS) is 20.6. The van der Waals surface area contributed by atoms with Crippen LogP contribution in [0.3, 0.4) is 0 Å². The standard InChI is InChI=1S/C18H23BrFN5.HI/c1-13-5-7-24(11-17(13)25-8-6-22-12-25)18(21-2)23-10-14-9-15(20)3-4-16(14)19;/h3-4,6,8-9,12-13,17H,5,7,10-11H2,1-2H3,(H,21,23);1H. The number of benzene rings is 1. The first-order valence-corrected chi connectivity index (χ1v) is 9.24. The van der Waals surface area contributed by atoms with E-state index in [0.717, 1.165) is 35.5 Å². The molecule has 2 aromatic rings. The minimum Gasteiger partial charge on any atom is -0.352 e. The predicted octanol–water partition coefficient (Wildman–Crippen LogP) is 4.06. The fraction of sp³-hybridized carbons (Fsp3) is 0.444. The Bertz CT molecular complexity index is 737. The highest BCUT2D eigenvalue weighted by molar-refractivity contribution is 14.0. The first-order valence-electron chi connectivity index (χ1n) is 8.45. The lowest BCUT2D eigenvalue weighted by Gasteiger charge is -2.39. The SMILES string of the molecule is CN=C(NCc1cc(F)ccc1Br)N1CCC(C)C(n2ccnc2)C1.I. The Morgan fingerprint density at radius 1 is 1.46 bits per heavy atom. The minimum atomic E-state index is -0.234. The van der Waals surface area contributed by atoms with Gasteiger partial charge in [0, 0.05) is 43.5 Å². The van der Waals surface area contributed by atoms with E-state index < -0.39 is 0 Å². The summed E-state index contributed by atoms with van der Waals surface area (Å²) in [6, 6.07) is 5.09. The van der Waals surface area contributed by atoms with Gasteiger partial charge in [-0.3, -0.25) is 4.99 Å². The molecule has 1 aliphatic rings. The third-order valence-corrected chi connectivity index (χ3v) is 5.56. The number of hydrogen-bond donors (Lipinski definition) is 1. The summed E-state index contributed by atoms with van der Waals surface area (Å²) in [6.07, 6.45) is 6.81. The third-order valence-electron chi connectivity index (χ3n) is 4.78. The summed E-state index contributed by atoms with van der Waals surface area (Å²) in [5.74, 6) is 1.19. The highest BCUT2D eigenvalue weighted by Gasteiger charge is 2.28. The van der Waals surface area contributed by atoms with Crippen LogP contribution in [0.4, 0.5) is 4.39 Å². The zero-order valence-electron chi connectivity index (χ0n) is 14.9. The Hall–Kier alpha value is -1.16. The molecule has 142 valence electrons. The minimum absolute atomic E-state index is 0. The number of hydrogen-bond acceptors (Lipinski definition) is 2. The van der Waals surface area contributed by atoms with Gasteiger partial charge >= 0.3 is 0 Å². The monoisotopic (exact) mass is 535 g/mol. The van der Waals surface area contributed by atoms with Gasteiger partial charge in [-0.2, -0.15) is 0 Å². The molecule has 0 saturated carbocycles. The number of nitrogens with one attached hydrogen (secondary N) is 1. The molecule has 1 N–H and O–H groups in total. The van der Waals surface area contributed by atoms with Crippen LogP contribution < -0.4 is 5.32 Å². The molecule has 2 unspecified atom stereocenters. The molecule has 1 aromatic carbocycles. The van der Waals surface area contributed by atoms with Crippen molar-refractivity contribution in [2.24, 2.45) is 10.9 Å². The summed E-state index contributed by atoms with van der Waals surface area (Å²) >= 11 is 3.47. The summed E-state index contributed by atoms with van der Waals surface area (Å²) in [5.41, 5.74) is 0.873. The van der Waals surface area contributed by atoms with Crippen molar-refractivity contribution in [2.75, 3.05) is 20.1 Å². The van der Waals surface area contributed by atoms with E-state index in [-0.39, 0.29) is 29.8 Å². The molecule has 0 radical (unpaired) electrons. The maximum absolute atomic E-state index is 13.5. The molecule has 1 fully saturated rings. The Labute approximate surface area is 179 Å². The quantitative estimate of drug-likeness (QED) is 0.366. The van der Waals surface area contributed by atoms with Crippen LogP contribution in [0.25, 0.3) is 0 Å². The molecule has 0 aliphatic carbocycles. The van der Waals surface area contributed by atoms with Crippen LogP contribution in [0, 0.1) is 11.7 Å². The molecule has 26 heavy (non-hydrogen) atoms. The summed E-state index contributed by atoms with van der Waals surface area (Å²) < 4.78 is 16.5. The number of nitrogens with zero attached hydrogens (tertiary/aromatic N) is 4. The van der Waals surface area contributed by atoms with E-state index in [4.69, 9.17) is 0 Å². The van der Waals surface area contributed by atoms with Crippen LogP contribution in [0.2, 0.25) is 0 Å². The molecule has 2 atom stereocenters. The van der Waals surface area contributed by atoms with Crippen molar-refractivity contribution in [1.82, 2.24) is 19.8 Å². The van der Waals surface area contributed by atoms with Gasteiger partial charge in [0.2, 0.25) is 0 Å². The van der Waals surface area contributed by atoms with Crippen LogP contribution in [0.15, 0.2) is 46.4 Å². The van der Waals surface area contributed by atoms with Crippen LogP contribution in [0.1, 0.15) is 24.9 Å². The van der Waals surface area contributed by atoms with Crippen molar-refractivity contribution in [1.29, 1.82) is 0 Å². The van der Waals surface area contributed by atoms with E-state index in [1.54, 1.807) is 13.1 Å². The summed E-state index contributed by atoms with van der Waals surface area (Å²) in [6.45, 7) is 4.63. The summed E-state index contributed by atoms with van der Waals surface area (Å²) in [7, 11) is 1.78. The van der Waals surface area contributed by atoms with Gasteiger partial charge in [0.05, 0.1) is 12.4 Å².